The van der Waals surface area contributed by atoms with Crippen molar-refractivity contribution in [2.45, 2.75) is 57.5 Å². The first-order valence-corrected chi connectivity index (χ1v) is 10.9. The quantitative estimate of drug-likeness (QED) is 0.779. The van der Waals surface area contributed by atoms with Crippen molar-refractivity contribution in [2.24, 2.45) is 0 Å². The van der Waals surface area contributed by atoms with E-state index in [9.17, 15) is 4.80 Å². The Kier molecular flexibility index (Phi) is 6.46. The molecule has 0 heterocycles. The summed E-state index contributed by atoms with van der Waals surface area (Å²) in [5.74, 6) is 0. The highest BCUT2D eigenvalue weighted by atomic mass is 28.4. The van der Waals surface area contributed by atoms with E-state index in [0.29, 0.717) is 5.54 Å². The van der Waals surface area contributed by atoms with E-state index in [4.69, 9.17) is 0 Å². The van der Waals surface area contributed by atoms with Crippen molar-refractivity contribution in [2.75, 3.05) is 19.6 Å². The Hall–Kier alpha value is -0.643. The molecule has 1 aliphatic rings. The van der Waals surface area contributed by atoms with E-state index in [-0.39, 0.29) is 0 Å². The first-order chi connectivity index (χ1) is 10.2. The first-order valence-electron chi connectivity index (χ1n) is 8.71. The summed E-state index contributed by atoms with van der Waals surface area (Å²) in [6.45, 7) is 7.64. The normalized spacial score (nSPS) is 19.6. The van der Waals surface area contributed by atoms with Gasteiger partial charge in [-0.05, 0) is 36.4 Å². The van der Waals surface area contributed by atoms with E-state index in [1.807, 2.05) is 0 Å². The van der Waals surface area contributed by atoms with Gasteiger partial charge in [0.2, 0.25) is 8.32 Å². The van der Waals surface area contributed by atoms with Gasteiger partial charge in [-0.25, -0.2) is 0 Å². The van der Waals surface area contributed by atoms with Gasteiger partial charge in [0.25, 0.3) is 0 Å². The Morgan fingerprint density at radius 1 is 1.05 bits per heavy atom. The maximum absolute atomic E-state index is 11.7. The fraction of sp³-hybridized carbons (Fsp3) is 0.667. The molecule has 1 aromatic carbocycles. The van der Waals surface area contributed by atoms with Crippen molar-refractivity contribution in [3.63, 3.8) is 0 Å². The number of hydrogen-bond donors (Lipinski definition) is 1. The lowest BCUT2D eigenvalue weighted by atomic mass is 10.0. The van der Waals surface area contributed by atoms with Crippen LogP contribution in [0.3, 0.4) is 0 Å². The van der Waals surface area contributed by atoms with Gasteiger partial charge >= 0.3 is 0 Å². The van der Waals surface area contributed by atoms with Gasteiger partial charge in [-0.15, -0.1) is 0 Å². The Morgan fingerprint density at radius 3 is 2.24 bits per heavy atom. The summed E-state index contributed by atoms with van der Waals surface area (Å²) in [6, 6.07) is 11.6. The number of benzene rings is 1. The summed E-state index contributed by atoms with van der Waals surface area (Å²) < 4.78 is 0. The summed E-state index contributed by atoms with van der Waals surface area (Å²) in [5.41, 5.74) is 0.559. The van der Waals surface area contributed by atoms with Gasteiger partial charge in [0.15, 0.2) is 0 Å². The van der Waals surface area contributed by atoms with Gasteiger partial charge in [0, 0.05) is 0 Å². The van der Waals surface area contributed by atoms with Gasteiger partial charge in [-0.1, -0.05) is 76.3 Å². The zero-order valence-electron chi connectivity index (χ0n) is 13.7. The van der Waals surface area contributed by atoms with Crippen molar-refractivity contribution in [3.8, 4) is 0 Å². The van der Waals surface area contributed by atoms with Crippen LogP contribution in [-0.4, -0.2) is 37.6 Å². The van der Waals surface area contributed by atoms with Crippen LogP contribution in [-0.2, 0) is 0 Å². The van der Waals surface area contributed by atoms with Crippen LogP contribution in [0, 0.1) is 0 Å². The fourth-order valence-electron chi connectivity index (χ4n) is 3.76. The van der Waals surface area contributed by atoms with Crippen LogP contribution < -0.4 is 5.19 Å². The van der Waals surface area contributed by atoms with Crippen molar-refractivity contribution in [1.82, 2.24) is 4.90 Å². The molecular weight excluding hydrogens is 274 g/mol. The minimum Gasteiger partial charge on any atom is -0.427 e. The topological polar surface area (TPSA) is 23.5 Å². The van der Waals surface area contributed by atoms with Crippen LogP contribution in [0.1, 0.15) is 46.0 Å². The molecule has 1 aliphatic carbocycles. The van der Waals surface area contributed by atoms with Crippen LogP contribution >= 0.6 is 0 Å². The van der Waals surface area contributed by atoms with Crippen molar-refractivity contribution in [1.29, 1.82) is 0 Å². The van der Waals surface area contributed by atoms with Crippen LogP contribution in [0.2, 0.25) is 11.6 Å². The second-order valence-corrected chi connectivity index (χ2v) is 10.1. The Balaban J connectivity index is 2.17. The van der Waals surface area contributed by atoms with E-state index in [0.717, 1.165) is 25.7 Å². The highest BCUT2D eigenvalue weighted by molar-refractivity contribution is 6.86. The van der Waals surface area contributed by atoms with Gasteiger partial charge < -0.3 is 9.70 Å². The first kappa shape index (κ1) is 16.7. The summed E-state index contributed by atoms with van der Waals surface area (Å²) >= 11 is 0. The molecular formula is C18H31NOSi. The molecule has 0 aromatic heterocycles. The van der Waals surface area contributed by atoms with E-state index < -0.39 is 8.32 Å². The van der Waals surface area contributed by atoms with Crippen LogP contribution in [0.5, 0.6) is 0 Å². The molecule has 0 saturated heterocycles. The highest BCUT2D eigenvalue weighted by Crippen LogP contribution is 2.37. The summed E-state index contributed by atoms with van der Waals surface area (Å²) in [7, 11) is -2.36. The smallest absolute Gasteiger partial charge is 0.224 e. The molecule has 1 saturated carbocycles. The molecule has 3 heteroatoms. The predicted octanol–water partition coefficient (Wildman–Crippen LogP) is 3.51. The third-order valence-corrected chi connectivity index (χ3v) is 9.50. The molecule has 0 spiro atoms. The molecule has 1 N–H and O–H groups in total. The standard InChI is InChI=1S/C18H31NOSi/c1-3-19(4-2)15-16-21(20,17-11-7-5-8-12-17)18-13-9-6-10-14-18/h5,7-8,11-12,18,20H,3-4,6,9-10,13-16H2,1-2H3. The van der Waals surface area contributed by atoms with Gasteiger partial charge in [-0.2, -0.15) is 0 Å². The number of hydrogen-bond acceptors (Lipinski definition) is 2. The summed E-state index contributed by atoms with van der Waals surface area (Å²) in [4.78, 5) is 14.1. The maximum atomic E-state index is 11.7. The molecule has 0 amide bonds. The minimum absolute atomic E-state index is 0.559. The van der Waals surface area contributed by atoms with Crippen LogP contribution in [0.15, 0.2) is 30.3 Å². The van der Waals surface area contributed by atoms with E-state index in [1.54, 1.807) is 0 Å². The monoisotopic (exact) mass is 305 g/mol. The Bertz CT molecular complexity index is 401. The molecule has 1 atom stereocenters. The van der Waals surface area contributed by atoms with Gasteiger partial charge in [0.05, 0.1) is 0 Å². The SMILES string of the molecule is CCN(CC)CC[Si](O)(c1ccccc1)C1CCCCC1. The maximum Gasteiger partial charge on any atom is 0.224 e. The number of rotatable bonds is 7. The molecule has 2 nitrogen and oxygen atoms in total. The lowest BCUT2D eigenvalue weighted by molar-refractivity contribution is 0.312. The summed E-state index contributed by atoms with van der Waals surface area (Å²) in [5, 5.41) is 1.25. The van der Waals surface area contributed by atoms with Crippen LogP contribution in [0.4, 0.5) is 0 Å². The Labute approximate surface area is 131 Å². The van der Waals surface area contributed by atoms with E-state index in [1.165, 1.54) is 37.3 Å². The predicted molar refractivity (Wildman–Crippen MR) is 93.5 cm³/mol. The zero-order valence-corrected chi connectivity index (χ0v) is 14.7. The highest BCUT2D eigenvalue weighted by Gasteiger charge is 2.42. The van der Waals surface area contributed by atoms with Crippen molar-refractivity contribution < 1.29 is 4.80 Å². The molecule has 1 fully saturated rings. The van der Waals surface area contributed by atoms with Gasteiger partial charge in [0.1, 0.15) is 0 Å². The largest absolute Gasteiger partial charge is 0.427 e. The Morgan fingerprint density at radius 2 is 1.67 bits per heavy atom. The second-order valence-electron chi connectivity index (χ2n) is 6.40. The third-order valence-electron chi connectivity index (χ3n) is 5.26. The zero-order chi connectivity index (χ0) is 15.1. The summed E-state index contributed by atoms with van der Waals surface area (Å²) in [6.07, 6.45) is 6.42. The fourth-order valence-corrected chi connectivity index (χ4v) is 7.72. The lowest BCUT2D eigenvalue weighted by Gasteiger charge is -2.37. The molecule has 2 rings (SSSR count). The molecule has 0 bridgehead atoms. The van der Waals surface area contributed by atoms with E-state index >= 15 is 0 Å². The average Bonchev–Trinajstić information content (AvgIpc) is 2.57. The van der Waals surface area contributed by atoms with Crippen LogP contribution in [0.25, 0.3) is 0 Å². The third kappa shape index (κ3) is 4.18. The molecule has 1 aromatic rings. The number of nitrogens with zero attached hydrogens (tertiary/aromatic N) is 1. The van der Waals surface area contributed by atoms with Crippen molar-refractivity contribution >= 4 is 13.5 Å². The van der Waals surface area contributed by atoms with E-state index in [2.05, 4.69) is 49.1 Å². The second kappa shape index (κ2) is 8.11. The minimum atomic E-state index is -2.36. The molecule has 118 valence electrons. The van der Waals surface area contributed by atoms with Crippen molar-refractivity contribution in [3.05, 3.63) is 30.3 Å². The van der Waals surface area contributed by atoms with Gasteiger partial charge in [-0.3, -0.25) is 0 Å². The molecule has 0 aliphatic heterocycles. The average molecular weight is 306 g/mol. The molecule has 1 unspecified atom stereocenters. The molecule has 21 heavy (non-hydrogen) atoms. The lowest BCUT2D eigenvalue weighted by Crippen LogP contribution is -2.54. The molecule has 0 radical (unpaired) electrons.